The van der Waals surface area contributed by atoms with E-state index in [1.54, 1.807) is 18.2 Å². The largest absolute Gasteiger partial charge is 0.480 e. The van der Waals surface area contributed by atoms with Gasteiger partial charge >= 0.3 is 5.97 Å². The van der Waals surface area contributed by atoms with Crippen molar-refractivity contribution in [3.05, 3.63) is 41.2 Å². The number of halogens is 1. The zero-order valence-corrected chi connectivity index (χ0v) is 12.5. The predicted octanol–water partition coefficient (Wildman–Crippen LogP) is 1.73. The fourth-order valence-electron chi connectivity index (χ4n) is 1.62. The van der Waals surface area contributed by atoms with Crippen molar-refractivity contribution in [2.75, 3.05) is 4.72 Å². The number of benzene rings is 1. The number of aromatic nitrogens is 2. The van der Waals surface area contributed by atoms with Crippen molar-refractivity contribution < 1.29 is 18.3 Å². The molecule has 0 fully saturated rings. The lowest BCUT2D eigenvalue weighted by Crippen LogP contribution is -2.13. The lowest BCUT2D eigenvalue weighted by atomic mass is 10.2. The van der Waals surface area contributed by atoms with Gasteiger partial charge in [0.2, 0.25) is 0 Å². The number of sulfonamides is 1. The van der Waals surface area contributed by atoms with Gasteiger partial charge in [0.15, 0.2) is 0 Å². The Morgan fingerprint density at radius 1 is 1.48 bits per heavy atom. The molecule has 2 aromatic rings. The van der Waals surface area contributed by atoms with Crippen LogP contribution in [-0.4, -0.2) is 29.3 Å². The molecule has 0 amide bonds. The zero-order valence-electron chi connectivity index (χ0n) is 10.9. The Bertz CT molecular complexity index is 786. The first kappa shape index (κ1) is 15.3. The highest BCUT2D eigenvalue weighted by atomic mass is 35.5. The van der Waals surface area contributed by atoms with Crippen LogP contribution in [0.1, 0.15) is 5.56 Å². The molecule has 2 rings (SSSR count). The minimum absolute atomic E-state index is 0.139. The molecule has 0 aliphatic carbocycles. The van der Waals surface area contributed by atoms with Crippen LogP contribution in [0.4, 0.5) is 5.69 Å². The number of carboxylic acids is 1. The average molecular weight is 330 g/mol. The van der Waals surface area contributed by atoms with Crippen LogP contribution in [0.25, 0.3) is 0 Å². The number of anilines is 1. The molecule has 0 bridgehead atoms. The van der Waals surface area contributed by atoms with Crippen LogP contribution >= 0.6 is 11.6 Å². The maximum atomic E-state index is 12.2. The van der Waals surface area contributed by atoms with Gasteiger partial charge in [-0.25, -0.2) is 8.42 Å². The summed E-state index contributed by atoms with van der Waals surface area (Å²) in [7, 11) is -3.87. The molecule has 0 aliphatic heterocycles. The average Bonchev–Trinajstić information content (AvgIpc) is 2.81. The molecule has 0 atom stereocenters. The molecule has 0 aliphatic rings. The highest BCUT2D eigenvalue weighted by Gasteiger charge is 2.18. The Kier molecular flexibility index (Phi) is 4.19. The molecule has 1 heterocycles. The monoisotopic (exact) mass is 329 g/mol. The summed E-state index contributed by atoms with van der Waals surface area (Å²) in [5, 5.41) is 12.6. The number of carboxylic acid groups (broad SMARTS) is 1. The van der Waals surface area contributed by atoms with E-state index in [4.69, 9.17) is 16.7 Å². The van der Waals surface area contributed by atoms with Crippen LogP contribution in [0, 0.1) is 6.92 Å². The van der Waals surface area contributed by atoms with Crippen LogP contribution in [-0.2, 0) is 21.4 Å². The third-order valence-corrected chi connectivity index (χ3v) is 4.22. The number of aryl methyl sites for hydroxylation is 1. The summed E-state index contributed by atoms with van der Waals surface area (Å²) in [4.78, 5) is 10.4. The van der Waals surface area contributed by atoms with Gasteiger partial charge in [-0.2, -0.15) is 5.10 Å². The van der Waals surface area contributed by atoms with E-state index in [0.29, 0.717) is 0 Å². The Hall–Kier alpha value is -2.06. The van der Waals surface area contributed by atoms with Gasteiger partial charge < -0.3 is 5.11 Å². The van der Waals surface area contributed by atoms with Gasteiger partial charge in [0.1, 0.15) is 11.4 Å². The highest BCUT2D eigenvalue weighted by Crippen LogP contribution is 2.25. The van der Waals surface area contributed by atoms with Crippen molar-refractivity contribution in [2.24, 2.45) is 0 Å². The molecule has 0 unspecified atom stereocenters. The summed E-state index contributed by atoms with van der Waals surface area (Å²) in [6, 6.07) is 4.90. The van der Waals surface area contributed by atoms with Crippen molar-refractivity contribution in [1.82, 2.24) is 9.78 Å². The van der Waals surface area contributed by atoms with E-state index in [1.165, 1.54) is 0 Å². The number of carbonyl (C=O) groups is 1. The lowest BCUT2D eigenvalue weighted by molar-refractivity contribution is -0.137. The molecular formula is C12H12ClN3O4S. The van der Waals surface area contributed by atoms with E-state index in [0.717, 1.165) is 22.6 Å². The quantitative estimate of drug-likeness (QED) is 0.869. The number of hydrogen-bond acceptors (Lipinski definition) is 4. The third-order valence-electron chi connectivity index (χ3n) is 2.59. The second-order valence-electron chi connectivity index (χ2n) is 4.36. The van der Waals surface area contributed by atoms with Crippen molar-refractivity contribution in [2.45, 2.75) is 18.4 Å². The topological polar surface area (TPSA) is 101 Å². The predicted molar refractivity (Wildman–Crippen MR) is 76.9 cm³/mol. The molecule has 7 nitrogen and oxygen atoms in total. The molecule has 0 radical (unpaired) electrons. The van der Waals surface area contributed by atoms with E-state index in [2.05, 4.69) is 9.82 Å². The number of nitrogens with zero attached hydrogens (tertiary/aromatic N) is 2. The molecule has 0 saturated heterocycles. The summed E-state index contributed by atoms with van der Waals surface area (Å²) < 4.78 is 27.7. The number of hydrogen-bond donors (Lipinski definition) is 2. The summed E-state index contributed by atoms with van der Waals surface area (Å²) in [6.07, 6.45) is 2.21. The van der Waals surface area contributed by atoms with E-state index < -0.39 is 22.5 Å². The van der Waals surface area contributed by atoms with E-state index in [-0.39, 0.29) is 15.6 Å². The highest BCUT2D eigenvalue weighted by molar-refractivity contribution is 7.92. The van der Waals surface area contributed by atoms with Gasteiger partial charge in [-0.15, -0.1) is 0 Å². The molecular weight excluding hydrogens is 318 g/mol. The molecule has 0 saturated carbocycles. The minimum atomic E-state index is -3.87. The molecule has 112 valence electrons. The van der Waals surface area contributed by atoms with Crippen LogP contribution in [0.5, 0.6) is 0 Å². The normalized spacial score (nSPS) is 11.3. The summed E-state index contributed by atoms with van der Waals surface area (Å²) >= 11 is 5.97. The van der Waals surface area contributed by atoms with Crippen molar-refractivity contribution in [1.29, 1.82) is 0 Å². The van der Waals surface area contributed by atoms with Crippen LogP contribution in [0.2, 0.25) is 5.02 Å². The smallest absolute Gasteiger partial charge is 0.325 e. The zero-order chi connectivity index (χ0) is 15.6. The van der Waals surface area contributed by atoms with Crippen molar-refractivity contribution in [3.8, 4) is 0 Å². The van der Waals surface area contributed by atoms with Gasteiger partial charge in [0.05, 0.1) is 16.9 Å². The second-order valence-corrected chi connectivity index (χ2v) is 6.45. The summed E-state index contributed by atoms with van der Waals surface area (Å²) in [5.74, 6) is -1.11. The fraction of sp³-hybridized carbons (Fsp3) is 0.167. The van der Waals surface area contributed by atoms with Gasteiger partial charge in [0, 0.05) is 6.20 Å². The van der Waals surface area contributed by atoms with Crippen molar-refractivity contribution in [3.63, 3.8) is 0 Å². The molecule has 9 heteroatoms. The second kappa shape index (κ2) is 5.74. The Morgan fingerprint density at radius 3 is 2.81 bits per heavy atom. The van der Waals surface area contributed by atoms with Gasteiger partial charge in [0.25, 0.3) is 10.0 Å². The standard InChI is InChI=1S/C12H12ClN3O4S/c1-8-2-3-11(10(13)4-8)15-21(19,20)9-5-14-16(6-9)7-12(17)18/h2-6,15H,7H2,1H3,(H,17,18). The first-order chi connectivity index (χ1) is 9.78. The van der Waals surface area contributed by atoms with Crippen LogP contribution in [0.15, 0.2) is 35.5 Å². The number of nitrogens with one attached hydrogen (secondary N) is 1. The van der Waals surface area contributed by atoms with E-state index >= 15 is 0 Å². The van der Waals surface area contributed by atoms with Crippen LogP contribution in [0.3, 0.4) is 0 Å². The van der Waals surface area contributed by atoms with Gasteiger partial charge in [-0.1, -0.05) is 17.7 Å². The summed E-state index contributed by atoms with van der Waals surface area (Å²) in [5.41, 5.74) is 1.14. The lowest BCUT2D eigenvalue weighted by Gasteiger charge is -2.08. The Balaban J connectivity index is 2.25. The molecule has 1 aromatic carbocycles. The first-order valence-corrected chi connectivity index (χ1v) is 7.67. The Morgan fingerprint density at radius 2 is 2.19 bits per heavy atom. The fourth-order valence-corrected chi connectivity index (χ4v) is 2.99. The van der Waals surface area contributed by atoms with Crippen LogP contribution < -0.4 is 4.72 Å². The maximum Gasteiger partial charge on any atom is 0.325 e. The number of aliphatic carboxylic acids is 1. The molecule has 1 aromatic heterocycles. The molecule has 2 N–H and O–H groups in total. The van der Waals surface area contributed by atoms with E-state index in [1.807, 2.05) is 6.92 Å². The number of rotatable bonds is 5. The first-order valence-electron chi connectivity index (χ1n) is 5.81. The Labute approximate surface area is 126 Å². The molecule has 0 spiro atoms. The third kappa shape index (κ3) is 3.73. The SMILES string of the molecule is Cc1ccc(NS(=O)(=O)c2cnn(CC(=O)O)c2)c(Cl)c1. The maximum absolute atomic E-state index is 12.2. The van der Waals surface area contributed by atoms with E-state index in [9.17, 15) is 13.2 Å². The van der Waals surface area contributed by atoms with Gasteiger partial charge in [-0.05, 0) is 24.6 Å². The van der Waals surface area contributed by atoms with Crippen molar-refractivity contribution >= 4 is 33.3 Å². The van der Waals surface area contributed by atoms with Gasteiger partial charge in [-0.3, -0.25) is 14.2 Å². The summed E-state index contributed by atoms with van der Waals surface area (Å²) in [6.45, 7) is 1.42. The molecule has 21 heavy (non-hydrogen) atoms. The minimum Gasteiger partial charge on any atom is -0.480 e.